The maximum Gasteiger partial charge on any atom is 0.310 e. The molecule has 0 heterocycles. The molecule has 0 saturated heterocycles. The van der Waals surface area contributed by atoms with Crippen LogP contribution in [-0.2, 0) is 9.53 Å². The van der Waals surface area contributed by atoms with Gasteiger partial charge in [0, 0.05) is 5.41 Å². The molecule has 0 N–H and O–H groups in total. The van der Waals surface area contributed by atoms with E-state index in [0.717, 1.165) is 0 Å². The lowest BCUT2D eigenvalue weighted by Crippen LogP contribution is -2.10. The lowest BCUT2D eigenvalue weighted by Gasteiger charge is -2.04. The lowest BCUT2D eigenvalue weighted by molar-refractivity contribution is -0.145. The second-order valence-electron chi connectivity index (χ2n) is 4.99. The van der Waals surface area contributed by atoms with Crippen LogP contribution in [0.25, 0.3) is 0 Å². The molecule has 1 aliphatic carbocycles. The van der Waals surface area contributed by atoms with Crippen LogP contribution >= 0.6 is 0 Å². The number of carbonyl (C=O) groups excluding carboxylic acids is 1. The summed E-state index contributed by atoms with van der Waals surface area (Å²) in [5.74, 6) is 0.363. The van der Waals surface area contributed by atoms with Crippen molar-refractivity contribution in [3.63, 3.8) is 0 Å². The monoisotopic (exact) mass is 222 g/mol. The van der Waals surface area contributed by atoms with E-state index < -0.39 is 0 Å². The van der Waals surface area contributed by atoms with Gasteiger partial charge in [-0.2, -0.15) is 0 Å². The third-order valence-corrected chi connectivity index (χ3v) is 3.47. The second-order valence-corrected chi connectivity index (χ2v) is 4.99. The Balaban J connectivity index is 2.64. The summed E-state index contributed by atoms with van der Waals surface area (Å²) in [6, 6.07) is 0. The van der Waals surface area contributed by atoms with Gasteiger partial charge in [-0.15, -0.1) is 0 Å². The average Bonchev–Trinajstić information content (AvgIpc) is 2.69. The number of ether oxygens (including phenoxy) is 1. The molecule has 1 saturated carbocycles. The van der Waals surface area contributed by atoms with Crippen molar-refractivity contribution in [1.29, 1.82) is 0 Å². The van der Waals surface area contributed by atoms with Crippen LogP contribution in [0.5, 0.6) is 0 Å². The summed E-state index contributed by atoms with van der Waals surface area (Å²) < 4.78 is 5.07. The summed E-state index contributed by atoms with van der Waals surface area (Å²) in [4.78, 5) is 11.7. The van der Waals surface area contributed by atoms with E-state index in [2.05, 4.69) is 39.8 Å². The molecule has 3 unspecified atom stereocenters. The average molecular weight is 222 g/mol. The Morgan fingerprint density at radius 2 is 2.06 bits per heavy atom. The second kappa shape index (κ2) is 4.86. The van der Waals surface area contributed by atoms with E-state index in [9.17, 15) is 4.79 Å². The molecule has 0 bridgehead atoms. The molecule has 0 aromatic carbocycles. The summed E-state index contributed by atoms with van der Waals surface area (Å²) in [5.41, 5.74) is 1.25. The van der Waals surface area contributed by atoms with Gasteiger partial charge in [-0.3, -0.25) is 4.79 Å². The van der Waals surface area contributed by atoms with E-state index in [1.165, 1.54) is 5.57 Å². The van der Waals surface area contributed by atoms with Crippen LogP contribution in [0.2, 0.25) is 0 Å². The van der Waals surface area contributed by atoms with Gasteiger partial charge in [0.2, 0.25) is 0 Å². The van der Waals surface area contributed by atoms with Crippen molar-refractivity contribution in [1.82, 2.24) is 0 Å². The summed E-state index contributed by atoms with van der Waals surface area (Å²) in [5, 5.41) is 0. The summed E-state index contributed by atoms with van der Waals surface area (Å²) in [6.45, 7) is 10.7. The highest BCUT2D eigenvalue weighted by Gasteiger charge is 2.61. The van der Waals surface area contributed by atoms with E-state index >= 15 is 0 Å². The number of esters is 1. The fourth-order valence-electron chi connectivity index (χ4n) is 2.15. The van der Waals surface area contributed by atoms with Gasteiger partial charge >= 0.3 is 5.97 Å². The van der Waals surface area contributed by atoms with Crippen LogP contribution in [0.15, 0.2) is 23.8 Å². The molecule has 1 aliphatic rings. The Hall–Kier alpha value is -1.05. The molecule has 1 fully saturated rings. The molecule has 0 amide bonds. The van der Waals surface area contributed by atoms with Crippen LogP contribution in [0, 0.1) is 17.3 Å². The van der Waals surface area contributed by atoms with Gasteiger partial charge in [0.05, 0.1) is 12.5 Å². The van der Waals surface area contributed by atoms with E-state index in [-0.39, 0.29) is 17.3 Å². The quantitative estimate of drug-likeness (QED) is 0.538. The van der Waals surface area contributed by atoms with Gasteiger partial charge in [0.15, 0.2) is 0 Å². The molecule has 2 nitrogen and oxygen atoms in total. The predicted octanol–water partition coefficient (Wildman–Crippen LogP) is 3.34. The maximum atomic E-state index is 11.7. The van der Waals surface area contributed by atoms with Crippen molar-refractivity contribution in [2.75, 3.05) is 6.61 Å². The zero-order valence-corrected chi connectivity index (χ0v) is 10.9. The van der Waals surface area contributed by atoms with Crippen molar-refractivity contribution in [3.05, 3.63) is 23.8 Å². The minimum absolute atomic E-state index is 0.0157. The van der Waals surface area contributed by atoms with Crippen molar-refractivity contribution in [2.45, 2.75) is 34.6 Å². The normalized spacial score (nSPS) is 32.6. The first-order valence-corrected chi connectivity index (χ1v) is 5.92. The Morgan fingerprint density at radius 3 is 2.56 bits per heavy atom. The summed E-state index contributed by atoms with van der Waals surface area (Å²) in [7, 11) is 0. The summed E-state index contributed by atoms with van der Waals surface area (Å²) in [6.07, 6.45) is 6.25. The zero-order valence-electron chi connectivity index (χ0n) is 10.9. The molecule has 1 rings (SSSR count). The first-order chi connectivity index (χ1) is 7.43. The molecule has 90 valence electrons. The number of hydrogen-bond donors (Lipinski definition) is 0. The van der Waals surface area contributed by atoms with Crippen molar-refractivity contribution in [2.24, 2.45) is 17.3 Å². The standard InChI is InChI=1S/C14H22O2/c1-6-16-13(15)12-11(4)14(12,5)9-7-8-10(2)3/h7-9,11-12H,6H2,1-5H3/b9-7+. The highest BCUT2D eigenvalue weighted by Crippen LogP contribution is 2.59. The lowest BCUT2D eigenvalue weighted by atomic mass is 10.0. The Labute approximate surface area is 98.4 Å². The predicted molar refractivity (Wildman–Crippen MR) is 66.0 cm³/mol. The molecule has 0 aromatic heterocycles. The van der Waals surface area contributed by atoms with Crippen LogP contribution in [-0.4, -0.2) is 12.6 Å². The van der Waals surface area contributed by atoms with E-state index in [4.69, 9.17) is 4.74 Å². The van der Waals surface area contributed by atoms with E-state index in [1.54, 1.807) is 0 Å². The number of rotatable bonds is 4. The first kappa shape index (κ1) is 13.0. The fourth-order valence-corrected chi connectivity index (χ4v) is 2.15. The zero-order chi connectivity index (χ0) is 12.3. The van der Waals surface area contributed by atoms with Crippen LogP contribution in [0.4, 0.5) is 0 Å². The van der Waals surface area contributed by atoms with Gasteiger partial charge in [0.1, 0.15) is 0 Å². The van der Waals surface area contributed by atoms with Crippen molar-refractivity contribution >= 4 is 5.97 Å². The van der Waals surface area contributed by atoms with Gasteiger partial charge in [-0.25, -0.2) is 0 Å². The minimum atomic E-state index is -0.0562. The molecular formula is C14H22O2. The van der Waals surface area contributed by atoms with Gasteiger partial charge < -0.3 is 4.74 Å². The molecule has 2 heteroatoms. The molecular weight excluding hydrogens is 200 g/mol. The van der Waals surface area contributed by atoms with Crippen LogP contribution in [0.3, 0.4) is 0 Å². The van der Waals surface area contributed by atoms with Crippen molar-refractivity contribution in [3.8, 4) is 0 Å². The van der Waals surface area contributed by atoms with Gasteiger partial charge in [-0.05, 0) is 26.7 Å². The third-order valence-electron chi connectivity index (χ3n) is 3.47. The van der Waals surface area contributed by atoms with Gasteiger partial charge in [-0.1, -0.05) is 37.6 Å². The first-order valence-electron chi connectivity index (χ1n) is 5.92. The minimum Gasteiger partial charge on any atom is -0.466 e. The molecule has 0 aliphatic heterocycles. The Bertz CT molecular complexity index is 324. The molecule has 0 radical (unpaired) electrons. The van der Waals surface area contributed by atoms with E-state index in [1.807, 2.05) is 13.0 Å². The van der Waals surface area contributed by atoms with Crippen LogP contribution < -0.4 is 0 Å². The number of hydrogen-bond acceptors (Lipinski definition) is 2. The highest BCUT2D eigenvalue weighted by atomic mass is 16.5. The van der Waals surface area contributed by atoms with Crippen molar-refractivity contribution < 1.29 is 9.53 Å². The highest BCUT2D eigenvalue weighted by molar-refractivity contribution is 5.78. The molecule has 16 heavy (non-hydrogen) atoms. The van der Waals surface area contributed by atoms with Crippen LogP contribution in [0.1, 0.15) is 34.6 Å². The fraction of sp³-hybridized carbons (Fsp3) is 0.643. The largest absolute Gasteiger partial charge is 0.466 e. The summed E-state index contributed by atoms with van der Waals surface area (Å²) >= 11 is 0. The Morgan fingerprint density at radius 1 is 1.44 bits per heavy atom. The van der Waals surface area contributed by atoms with E-state index in [0.29, 0.717) is 12.5 Å². The van der Waals surface area contributed by atoms with Gasteiger partial charge in [0.25, 0.3) is 0 Å². The molecule has 0 aromatic rings. The Kier molecular flexibility index (Phi) is 3.95. The smallest absolute Gasteiger partial charge is 0.310 e. The topological polar surface area (TPSA) is 26.3 Å². The molecule has 0 spiro atoms. The third kappa shape index (κ3) is 2.55. The maximum absolute atomic E-state index is 11.7. The number of allylic oxidation sites excluding steroid dienone is 4. The SMILES string of the molecule is CCOC(=O)C1C(C)C1(C)/C=C/C=C(C)C. The number of carbonyl (C=O) groups is 1. The molecule has 3 atom stereocenters.